The predicted octanol–water partition coefficient (Wildman–Crippen LogP) is 0.655. The predicted molar refractivity (Wildman–Crippen MR) is 80.6 cm³/mol. The van der Waals surface area contributed by atoms with Crippen molar-refractivity contribution in [1.29, 1.82) is 0 Å². The van der Waals surface area contributed by atoms with E-state index in [0.717, 1.165) is 13.0 Å². The van der Waals surface area contributed by atoms with Gasteiger partial charge in [0.05, 0.1) is 12.3 Å². The van der Waals surface area contributed by atoms with Crippen molar-refractivity contribution in [3.63, 3.8) is 0 Å². The molecule has 1 aliphatic rings. The Balaban J connectivity index is 1.81. The number of nitrogens with one attached hydrogen (secondary N) is 1. The van der Waals surface area contributed by atoms with E-state index < -0.39 is 9.84 Å². The molecule has 1 aliphatic heterocycles. The molecule has 2 rings (SSSR count). The Hall–Kier alpha value is -0.920. The van der Waals surface area contributed by atoms with E-state index in [2.05, 4.69) is 16.8 Å². The number of sulfone groups is 1. The molecule has 1 aromatic heterocycles. The highest BCUT2D eigenvalue weighted by Gasteiger charge is 2.21. The number of rotatable bonds is 5. The average molecular weight is 316 g/mol. The van der Waals surface area contributed by atoms with E-state index in [0.29, 0.717) is 6.54 Å². The maximum absolute atomic E-state index is 12.1. The SMILES string of the molecule is CC(CS(C)(=O)=O)NCC(=O)N1CCc2sccc2C1. The third-order valence-electron chi connectivity index (χ3n) is 3.31. The van der Waals surface area contributed by atoms with E-state index in [4.69, 9.17) is 0 Å². The summed E-state index contributed by atoms with van der Waals surface area (Å²) in [7, 11) is -3.01. The van der Waals surface area contributed by atoms with Gasteiger partial charge in [0.2, 0.25) is 5.91 Å². The van der Waals surface area contributed by atoms with Gasteiger partial charge in [0.25, 0.3) is 0 Å². The van der Waals surface area contributed by atoms with Crippen LogP contribution < -0.4 is 5.32 Å². The van der Waals surface area contributed by atoms with Crippen molar-refractivity contribution in [1.82, 2.24) is 10.2 Å². The van der Waals surface area contributed by atoms with Gasteiger partial charge in [-0.3, -0.25) is 4.79 Å². The van der Waals surface area contributed by atoms with Crippen molar-refractivity contribution in [3.8, 4) is 0 Å². The Bertz CT molecular complexity index is 580. The van der Waals surface area contributed by atoms with Crippen LogP contribution in [0, 0.1) is 0 Å². The second-order valence-electron chi connectivity index (χ2n) is 5.31. The molecule has 1 amide bonds. The first-order valence-corrected chi connectivity index (χ1v) is 9.53. The highest BCUT2D eigenvalue weighted by molar-refractivity contribution is 7.90. The monoisotopic (exact) mass is 316 g/mol. The molecular weight excluding hydrogens is 296 g/mol. The minimum atomic E-state index is -3.01. The molecule has 20 heavy (non-hydrogen) atoms. The zero-order valence-electron chi connectivity index (χ0n) is 11.8. The standard InChI is InChI=1S/C13H20N2O3S2/c1-10(9-20(2,17)18)14-7-13(16)15-5-3-12-11(8-15)4-6-19-12/h4,6,10,14H,3,5,7-9H2,1-2H3. The second kappa shape index (κ2) is 6.24. The largest absolute Gasteiger partial charge is 0.337 e. The van der Waals surface area contributed by atoms with E-state index in [-0.39, 0.29) is 24.2 Å². The fourth-order valence-corrected chi connectivity index (χ4v) is 4.26. The van der Waals surface area contributed by atoms with Crippen LogP contribution in [0.15, 0.2) is 11.4 Å². The number of carbonyl (C=O) groups is 1. The van der Waals surface area contributed by atoms with E-state index in [1.54, 1.807) is 18.3 Å². The van der Waals surface area contributed by atoms with Crippen molar-refractivity contribution >= 4 is 27.1 Å². The first-order valence-electron chi connectivity index (χ1n) is 6.59. The molecule has 0 saturated carbocycles. The van der Waals surface area contributed by atoms with Crippen LogP contribution in [0.3, 0.4) is 0 Å². The Morgan fingerprint density at radius 2 is 2.30 bits per heavy atom. The molecule has 112 valence electrons. The summed E-state index contributed by atoms with van der Waals surface area (Å²) in [5, 5.41) is 5.05. The van der Waals surface area contributed by atoms with Gasteiger partial charge in [-0.25, -0.2) is 8.42 Å². The summed E-state index contributed by atoms with van der Waals surface area (Å²) in [4.78, 5) is 15.3. The molecule has 1 unspecified atom stereocenters. The molecule has 0 radical (unpaired) electrons. The van der Waals surface area contributed by atoms with Crippen LogP contribution in [0.25, 0.3) is 0 Å². The van der Waals surface area contributed by atoms with Crippen LogP contribution in [0.5, 0.6) is 0 Å². The molecule has 0 aromatic carbocycles. The van der Waals surface area contributed by atoms with Crippen molar-refractivity contribution in [3.05, 3.63) is 21.9 Å². The van der Waals surface area contributed by atoms with Gasteiger partial charge in [0.1, 0.15) is 9.84 Å². The van der Waals surface area contributed by atoms with Gasteiger partial charge in [-0.2, -0.15) is 0 Å². The molecule has 1 aromatic rings. The molecule has 0 saturated heterocycles. The summed E-state index contributed by atoms with van der Waals surface area (Å²) in [6, 6.07) is 1.86. The van der Waals surface area contributed by atoms with E-state index in [9.17, 15) is 13.2 Å². The Labute approximate surface area is 123 Å². The van der Waals surface area contributed by atoms with Crippen LogP contribution in [0.1, 0.15) is 17.4 Å². The topological polar surface area (TPSA) is 66.5 Å². The number of thiophene rings is 1. The van der Waals surface area contributed by atoms with Gasteiger partial charge in [-0.15, -0.1) is 11.3 Å². The van der Waals surface area contributed by atoms with E-state index in [1.807, 2.05) is 4.90 Å². The first kappa shape index (κ1) is 15.5. The number of hydrogen-bond donors (Lipinski definition) is 1. The van der Waals surface area contributed by atoms with Gasteiger partial charge in [-0.1, -0.05) is 0 Å². The maximum Gasteiger partial charge on any atom is 0.236 e. The fourth-order valence-electron chi connectivity index (χ4n) is 2.35. The summed E-state index contributed by atoms with van der Waals surface area (Å²) < 4.78 is 22.3. The third kappa shape index (κ3) is 4.29. The van der Waals surface area contributed by atoms with Crippen LogP contribution in [-0.2, 0) is 27.6 Å². The Morgan fingerprint density at radius 3 is 3.00 bits per heavy atom. The van der Waals surface area contributed by atoms with E-state index in [1.165, 1.54) is 16.7 Å². The molecule has 0 spiro atoms. The van der Waals surface area contributed by atoms with Crippen molar-refractivity contribution in [2.45, 2.75) is 25.9 Å². The summed E-state index contributed by atoms with van der Waals surface area (Å²) in [6.45, 7) is 3.38. The smallest absolute Gasteiger partial charge is 0.236 e. The number of nitrogens with zero attached hydrogens (tertiary/aromatic N) is 1. The normalized spacial score (nSPS) is 16.8. The molecule has 0 bridgehead atoms. The molecule has 1 atom stereocenters. The van der Waals surface area contributed by atoms with Crippen molar-refractivity contribution in [2.75, 3.05) is 25.1 Å². The highest BCUT2D eigenvalue weighted by Crippen LogP contribution is 2.23. The summed E-state index contributed by atoms with van der Waals surface area (Å²) in [5.41, 5.74) is 1.23. The van der Waals surface area contributed by atoms with Gasteiger partial charge in [-0.05, 0) is 30.4 Å². The van der Waals surface area contributed by atoms with Gasteiger partial charge in [0, 0.05) is 30.3 Å². The summed E-state index contributed by atoms with van der Waals surface area (Å²) in [6.07, 6.45) is 2.12. The van der Waals surface area contributed by atoms with Gasteiger partial charge < -0.3 is 10.2 Å². The minimum Gasteiger partial charge on any atom is -0.337 e. The minimum absolute atomic E-state index is 0.0298. The average Bonchev–Trinajstić information content (AvgIpc) is 2.80. The lowest BCUT2D eigenvalue weighted by Gasteiger charge is -2.27. The number of fused-ring (bicyclic) bond motifs is 1. The van der Waals surface area contributed by atoms with Gasteiger partial charge >= 0.3 is 0 Å². The maximum atomic E-state index is 12.1. The highest BCUT2D eigenvalue weighted by atomic mass is 32.2. The Morgan fingerprint density at radius 1 is 1.55 bits per heavy atom. The molecule has 0 aliphatic carbocycles. The summed E-state index contributed by atoms with van der Waals surface area (Å²) >= 11 is 1.74. The van der Waals surface area contributed by atoms with Crippen molar-refractivity contribution in [2.24, 2.45) is 0 Å². The van der Waals surface area contributed by atoms with Crippen LogP contribution in [0.4, 0.5) is 0 Å². The zero-order chi connectivity index (χ0) is 14.8. The number of amides is 1. The van der Waals surface area contributed by atoms with E-state index >= 15 is 0 Å². The summed E-state index contributed by atoms with van der Waals surface area (Å²) in [5.74, 6) is 0.0804. The zero-order valence-corrected chi connectivity index (χ0v) is 13.4. The number of hydrogen-bond acceptors (Lipinski definition) is 5. The lowest BCUT2D eigenvalue weighted by molar-refractivity contribution is -0.131. The first-order chi connectivity index (χ1) is 9.35. The Kier molecular flexibility index (Phi) is 4.82. The molecule has 0 fully saturated rings. The van der Waals surface area contributed by atoms with Crippen LogP contribution in [-0.4, -0.2) is 50.4 Å². The lowest BCUT2D eigenvalue weighted by Crippen LogP contribution is -2.44. The van der Waals surface area contributed by atoms with Crippen LogP contribution >= 0.6 is 11.3 Å². The quantitative estimate of drug-likeness (QED) is 0.866. The molecule has 5 nitrogen and oxygen atoms in total. The third-order valence-corrected chi connectivity index (χ3v) is 5.44. The number of carbonyl (C=O) groups excluding carboxylic acids is 1. The lowest BCUT2D eigenvalue weighted by atomic mass is 10.1. The molecule has 7 heteroatoms. The van der Waals surface area contributed by atoms with Crippen LogP contribution in [0.2, 0.25) is 0 Å². The van der Waals surface area contributed by atoms with Gasteiger partial charge in [0.15, 0.2) is 0 Å². The molecular formula is C13H20N2O3S2. The molecule has 1 N–H and O–H groups in total. The second-order valence-corrected chi connectivity index (χ2v) is 8.49. The fraction of sp³-hybridized carbons (Fsp3) is 0.615. The van der Waals surface area contributed by atoms with Crippen molar-refractivity contribution < 1.29 is 13.2 Å². The molecule has 2 heterocycles.